The molecular weight excluding hydrogens is 308 g/mol. The maximum Gasteiger partial charge on any atom is 0.164 e. The van der Waals surface area contributed by atoms with Gasteiger partial charge < -0.3 is 18.9 Å². The van der Waals surface area contributed by atoms with Crippen LogP contribution in [0, 0.1) is 0 Å². The van der Waals surface area contributed by atoms with Crippen molar-refractivity contribution in [1.29, 1.82) is 0 Å². The Hall–Kier alpha value is -1.53. The molecule has 0 aliphatic carbocycles. The monoisotopic (exact) mass is 332 g/mol. The summed E-state index contributed by atoms with van der Waals surface area (Å²) in [5, 5.41) is 0. The van der Waals surface area contributed by atoms with Crippen LogP contribution >= 0.6 is 0 Å². The second-order valence-electron chi connectivity index (χ2n) is 7.08. The van der Waals surface area contributed by atoms with Crippen molar-refractivity contribution in [3.8, 4) is 0 Å². The minimum atomic E-state index is -0.670. The molecule has 0 bridgehead atoms. The van der Waals surface area contributed by atoms with Gasteiger partial charge in [-0.1, -0.05) is 36.4 Å². The molecule has 2 heterocycles. The molecule has 0 aromatic heterocycles. The second-order valence-corrected chi connectivity index (χ2v) is 7.08. The smallest absolute Gasteiger partial charge is 0.164 e. The number of aldehydes is 1. The summed E-state index contributed by atoms with van der Waals surface area (Å²) < 4.78 is 23.6. The van der Waals surface area contributed by atoms with Crippen LogP contribution in [0.5, 0.6) is 0 Å². The number of hydrogen-bond donors (Lipinski definition) is 0. The molecule has 0 N–H and O–H groups in total. The van der Waals surface area contributed by atoms with Crippen LogP contribution in [-0.4, -0.2) is 42.8 Å². The lowest BCUT2D eigenvalue weighted by molar-refractivity contribution is -0.174. The number of hydrogen-bond acceptors (Lipinski definition) is 5. The van der Waals surface area contributed by atoms with Gasteiger partial charge in [0.05, 0.1) is 6.61 Å². The summed E-state index contributed by atoms with van der Waals surface area (Å²) in [6, 6.07) is 7.37. The van der Waals surface area contributed by atoms with Gasteiger partial charge >= 0.3 is 0 Å². The summed E-state index contributed by atoms with van der Waals surface area (Å²) in [6.07, 6.45) is 4.15. The van der Waals surface area contributed by atoms with Crippen molar-refractivity contribution in [3.05, 3.63) is 41.5 Å². The van der Waals surface area contributed by atoms with Gasteiger partial charge in [-0.3, -0.25) is 4.79 Å². The molecule has 1 aromatic carbocycles. The molecule has 0 radical (unpaired) electrons. The summed E-state index contributed by atoms with van der Waals surface area (Å²) in [4.78, 5) is 10.7. The minimum absolute atomic E-state index is 0.172. The van der Waals surface area contributed by atoms with Crippen LogP contribution in [0.2, 0.25) is 0 Å². The second kappa shape index (κ2) is 6.41. The fraction of sp³-hybridized carbons (Fsp3) is 0.526. The molecule has 0 saturated carbocycles. The molecule has 3 atom stereocenters. The third kappa shape index (κ3) is 3.92. The highest BCUT2D eigenvalue weighted by molar-refractivity contribution is 5.75. The third-order valence-electron chi connectivity index (χ3n) is 4.11. The molecule has 2 aliphatic heterocycles. The average Bonchev–Trinajstić information content (AvgIpc) is 3.04. The summed E-state index contributed by atoms with van der Waals surface area (Å²) in [6.45, 7) is 8.07. The Bertz CT molecular complexity index is 617. The van der Waals surface area contributed by atoms with Crippen molar-refractivity contribution in [2.45, 2.75) is 57.6 Å². The van der Waals surface area contributed by atoms with Crippen LogP contribution in [0.3, 0.4) is 0 Å². The van der Waals surface area contributed by atoms with E-state index >= 15 is 0 Å². The van der Waals surface area contributed by atoms with Crippen molar-refractivity contribution in [1.82, 2.24) is 0 Å². The SMILES string of the molecule is CC1(C)O[C@H]([C@H]2COC(C)(C)O2)[C@@H](/C=C/c2ccc(C=O)cc2)O1. The van der Waals surface area contributed by atoms with Crippen LogP contribution in [-0.2, 0) is 18.9 Å². The Morgan fingerprint density at radius 3 is 2.21 bits per heavy atom. The van der Waals surface area contributed by atoms with E-state index in [1.54, 1.807) is 12.1 Å². The van der Waals surface area contributed by atoms with Gasteiger partial charge in [-0.15, -0.1) is 0 Å². The average molecular weight is 332 g/mol. The topological polar surface area (TPSA) is 54.0 Å². The fourth-order valence-corrected chi connectivity index (χ4v) is 3.02. The maximum absolute atomic E-state index is 10.7. The van der Waals surface area contributed by atoms with Gasteiger partial charge in [0.15, 0.2) is 11.6 Å². The van der Waals surface area contributed by atoms with Crippen LogP contribution in [0.25, 0.3) is 6.08 Å². The molecule has 0 spiro atoms. The van der Waals surface area contributed by atoms with E-state index in [4.69, 9.17) is 18.9 Å². The Balaban J connectivity index is 1.74. The highest BCUT2D eigenvalue weighted by Gasteiger charge is 2.48. The van der Waals surface area contributed by atoms with Gasteiger partial charge in [0.25, 0.3) is 0 Å². The van der Waals surface area contributed by atoms with Crippen LogP contribution in [0.15, 0.2) is 30.3 Å². The zero-order chi connectivity index (χ0) is 17.4. The predicted molar refractivity (Wildman–Crippen MR) is 89.6 cm³/mol. The van der Waals surface area contributed by atoms with E-state index in [-0.39, 0.29) is 18.3 Å². The maximum atomic E-state index is 10.7. The van der Waals surface area contributed by atoms with Crippen LogP contribution in [0.4, 0.5) is 0 Å². The lowest BCUT2D eigenvalue weighted by Crippen LogP contribution is -2.37. The van der Waals surface area contributed by atoms with Gasteiger partial charge in [0, 0.05) is 5.56 Å². The van der Waals surface area contributed by atoms with Gasteiger partial charge in [-0.05, 0) is 33.3 Å². The molecule has 0 unspecified atom stereocenters. The zero-order valence-electron chi connectivity index (χ0n) is 14.5. The molecule has 3 rings (SSSR count). The summed E-state index contributed by atoms with van der Waals surface area (Å²) in [5.74, 6) is -1.27. The molecule has 2 fully saturated rings. The van der Waals surface area contributed by atoms with E-state index in [0.717, 1.165) is 11.8 Å². The minimum Gasteiger partial charge on any atom is -0.348 e. The van der Waals surface area contributed by atoms with Gasteiger partial charge in [0.1, 0.15) is 24.6 Å². The van der Waals surface area contributed by atoms with E-state index in [0.29, 0.717) is 12.2 Å². The van der Waals surface area contributed by atoms with Gasteiger partial charge in [0.2, 0.25) is 0 Å². The fourth-order valence-electron chi connectivity index (χ4n) is 3.02. The van der Waals surface area contributed by atoms with E-state index in [1.165, 1.54) is 0 Å². The Morgan fingerprint density at radius 1 is 0.958 bits per heavy atom. The molecule has 5 nitrogen and oxygen atoms in total. The third-order valence-corrected chi connectivity index (χ3v) is 4.11. The Labute approximate surface area is 142 Å². The summed E-state index contributed by atoms with van der Waals surface area (Å²) in [5.41, 5.74) is 1.65. The van der Waals surface area contributed by atoms with Crippen LogP contribution in [0.1, 0.15) is 43.6 Å². The standard InChI is InChI=1S/C19H24O5/c1-18(2)21-12-16(23-18)17-15(22-19(3,4)24-17)10-9-13-5-7-14(11-20)8-6-13/h5-11,15-17H,12H2,1-4H3/b10-9+/t15-,16-,17+/m1/s1. The van der Waals surface area contributed by atoms with Crippen molar-refractivity contribution in [3.63, 3.8) is 0 Å². The van der Waals surface area contributed by atoms with Gasteiger partial charge in [-0.2, -0.15) is 0 Å². The number of rotatable bonds is 4. The molecule has 1 aromatic rings. The van der Waals surface area contributed by atoms with E-state index in [9.17, 15) is 4.79 Å². The molecule has 0 amide bonds. The number of carbonyl (C=O) groups is 1. The molecule has 130 valence electrons. The van der Waals surface area contributed by atoms with E-state index < -0.39 is 11.6 Å². The first-order chi connectivity index (χ1) is 11.3. The Morgan fingerprint density at radius 2 is 1.62 bits per heavy atom. The highest BCUT2D eigenvalue weighted by atomic mass is 16.8. The normalized spacial score (nSPS) is 31.6. The lowest BCUT2D eigenvalue weighted by Gasteiger charge is -2.22. The van der Waals surface area contributed by atoms with Crippen molar-refractivity contribution in [2.75, 3.05) is 6.61 Å². The molecule has 24 heavy (non-hydrogen) atoms. The quantitative estimate of drug-likeness (QED) is 0.793. The number of ether oxygens (including phenoxy) is 4. The van der Waals surface area contributed by atoms with Crippen molar-refractivity contribution in [2.24, 2.45) is 0 Å². The first-order valence-electron chi connectivity index (χ1n) is 8.19. The first kappa shape index (κ1) is 17.3. The van der Waals surface area contributed by atoms with Gasteiger partial charge in [-0.25, -0.2) is 0 Å². The molecule has 2 aliphatic rings. The molecule has 2 saturated heterocycles. The summed E-state index contributed by atoms with van der Waals surface area (Å²) in [7, 11) is 0. The van der Waals surface area contributed by atoms with E-state index in [1.807, 2.05) is 52.0 Å². The van der Waals surface area contributed by atoms with Crippen LogP contribution < -0.4 is 0 Å². The summed E-state index contributed by atoms with van der Waals surface area (Å²) >= 11 is 0. The first-order valence-corrected chi connectivity index (χ1v) is 8.19. The number of carbonyl (C=O) groups excluding carboxylic acids is 1. The molecular formula is C19H24O5. The number of benzene rings is 1. The van der Waals surface area contributed by atoms with E-state index in [2.05, 4.69) is 0 Å². The largest absolute Gasteiger partial charge is 0.348 e. The Kier molecular flexibility index (Phi) is 4.62. The predicted octanol–water partition coefficient (Wildman–Crippen LogP) is 3.18. The van der Waals surface area contributed by atoms with Crippen molar-refractivity contribution >= 4 is 12.4 Å². The molecule has 5 heteroatoms. The zero-order valence-corrected chi connectivity index (χ0v) is 14.5. The highest BCUT2D eigenvalue weighted by Crippen LogP contribution is 2.36. The van der Waals surface area contributed by atoms with Crippen molar-refractivity contribution < 1.29 is 23.7 Å². The lowest BCUT2D eigenvalue weighted by atomic mass is 10.1.